The molecule has 2 atom stereocenters. The number of ether oxygens (including phenoxy) is 1. The summed E-state index contributed by atoms with van der Waals surface area (Å²) in [5, 5.41) is 6.20. The van der Waals surface area contributed by atoms with Gasteiger partial charge in [0.05, 0.1) is 27.9 Å². The predicted octanol–water partition coefficient (Wildman–Crippen LogP) is 3.73. The second-order valence-corrected chi connectivity index (χ2v) is 8.31. The van der Waals surface area contributed by atoms with E-state index in [1.165, 1.54) is 17.3 Å². The first kappa shape index (κ1) is 23.0. The van der Waals surface area contributed by atoms with Crippen LogP contribution >= 0.6 is 11.3 Å². The molecule has 0 radical (unpaired) electrons. The molecule has 0 spiro atoms. The fourth-order valence-corrected chi connectivity index (χ4v) is 4.32. The number of pyridine rings is 1. The summed E-state index contributed by atoms with van der Waals surface area (Å²) >= 11 is 0.779. The van der Waals surface area contributed by atoms with Crippen molar-refractivity contribution in [1.82, 2.24) is 15.6 Å². The van der Waals surface area contributed by atoms with Gasteiger partial charge in [0, 0.05) is 31.4 Å². The van der Waals surface area contributed by atoms with Gasteiger partial charge in [-0.1, -0.05) is 0 Å². The van der Waals surface area contributed by atoms with Gasteiger partial charge in [0.2, 0.25) is 0 Å². The summed E-state index contributed by atoms with van der Waals surface area (Å²) in [4.78, 5) is 29.4. The minimum absolute atomic E-state index is 0.0234. The number of halogens is 4. The minimum Gasteiger partial charge on any atom is -0.443 e. The number of alkyl halides is 4. The van der Waals surface area contributed by atoms with Crippen LogP contribution in [0, 0.1) is 0 Å². The maximum absolute atomic E-state index is 14.7. The van der Waals surface area contributed by atoms with Crippen LogP contribution in [-0.4, -0.2) is 55.4 Å². The zero-order valence-electron chi connectivity index (χ0n) is 17.0. The van der Waals surface area contributed by atoms with Gasteiger partial charge in [-0.2, -0.15) is 13.2 Å². The number of nitrogens with one attached hydrogen (secondary N) is 2. The molecule has 2 N–H and O–H groups in total. The Balaban J connectivity index is 1.89. The highest BCUT2D eigenvalue weighted by Crippen LogP contribution is 2.40. The topological polar surface area (TPSA) is 83.6 Å². The number of anilines is 1. The number of hydrogen-bond donors (Lipinski definition) is 2. The third kappa shape index (κ3) is 5.00. The molecule has 0 bridgehead atoms. The van der Waals surface area contributed by atoms with E-state index in [2.05, 4.69) is 15.6 Å². The molecule has 7 nitrogen and oxygen atoms in total. The normalized spacial score (nSPS) is 19.5. The Kier molecular flexibility index (Phi) is 6.58. The van der Waals surface area contributed by atoms with Crippen LogP contribution in [0.25, 0.3) is 10.2 Å². The number of hydrogen-bond acceptors (Lipinski definition) is 6. The van der Waals surface area contributed by atoms with Crippen LogP contribution < -0.4 is 15.5 Å². The van der Waals surface area contributed by atoms with Crippen molar-refractivity contribution >= 4 is 39.4 Å². The van der Waals surface area contributed by atoms with Crippen LogP contribution in [-0.2, 0) is 10.9 Å². The quantitative estimate of drug-likeness (QED) is 0.677. The van der Waals surface area contributed by atoms with E-state index in [0.717, 1.165) is 17.4 Å². The molecule has 2 amide bonds. The molecule has 0 unspecified atom stereocenters. The zero-order valence-corrected chi connectivity index (χ0v) is 17.9. The molecule has 1 saturated heterocycles. The molecular weight excluding hydrogens is 440 g/mol. The first-order valence-corrected chi connectivity index (χ1v) is 10.5. The first-order chi connectivity index (χ1) is 14.5. The standard InChI is InChI=1S/C19H22F4N4O3S/c1-9(2)25-18(29)30-13-4-5-27(7-12(13)20)14-6-11(19(21,22)23)16-15(26-14)10(8-31-16)17(28)24-3/h6,8-9,12-13H,4-5,7H2,1-3H3,(H,24,28)(H,25,29)/t12-,13-/m0/s1. The lowest BCUT2D eigenvalue weighted by Crippen LogP contribution is -2.48. The number of alkyl carbamates (subject to hydrolysis) is 1. The van der Waals surface area contributed by atoms with Crippen LogP contribution in [0.4, 0.5) is 28.2 Å². The highest BCUT2D eigenvalue weighted by atomic mass is 32.1. The molecule has 0 saturated carbocycles. The van der Waals surface area contributed by atoms with Gasteiger partial charge in [-0.15, -0.1) is 11.3 Å². The number of aromatic nitrogens is 1. The molecule has 3 heterocycles. The van der Waals surface area contributed by atoms with Crippen molar-refractivity contribution in [2.45, 2.75) is 44.8 Å². The van der Waals surface area contributed by atoms with Gasteiger partial charge in [-0.05, 0) is 19.9 Å². The van der Waals surface area contributed by atoms with E-state index in [4.69, 9.17) is 4.74 Å². The van der Waals surface area contributed by atoms with E-state index < -0.39 is 36.0 Å². The highest BCUT2D eigenvalue weighted by Gasteiger charge is 2.38. The Hall–Kier alpha value is -2.63. The van der Waals surface area contributed by atoms with Gasteiger partial charge < -0.3 is 20.3 Å². The van der Waals surface area contributed by atoms with Crippen molar-refractivity contribution in [1.29, 1.82) is 0 Å². The summed E-state index contributed by atoms with van der Waals surface area (Å²) in [6.45, 7) is 3.30. The molecule has 1 aliphatic heterocycles. The lowest BCUT2D eigenvalue weighted by atomic mass is 10.1. The summed E-state index contributed by atoms with van der Waals surface area (Å²) in [6, 6.07) is 0.689. The molecule has 2 aromatic heterocycles. The van der Waals surface area contributed by atoms with Gasteiger partial charge in [0.1, 0.15) is 11.9 Å². The molecule has 31 heavy (non-hydrogen) atoms. The highest BCUT2D eigenvalue weighted by molar-refractivity contribution is 7.17. The average Bonchev–Trinajstić information content (AvgIpc) is 3.10. The number of thiophene rings is 1. The largest absolute Gasteiger partial charge is 0.443 e. The summed E-state index contributed by atoms with van der Waals surface area (Å²) in [5.74, 6) is -0.647. The lowest BCUT2D eigenvalue weighted by Gasteiger charge is -2.35. The summed E-state index contributed by atoms with van der Waals surface area (Å²) in [5.41, 5.74) is -0.993. The molecule has 170 valence electrons. The zero-order chi connectivity index (χ0) is 22.9. The SMILES string of the molecule is CNC(=O)c1csc2c(C(F)(F)F)cc(N3CC[C@H](OC(=O)NC(C)C)[C@@H](F)C3)nc12. The fraction of sp³-hybridized carbons (Fsp3) is 0.526. The number of fused-ring (bicyclic) bond motifs is 1. The molecule has 3 rings (SSSR count). The van der Waals surface area contributed by atoms with Gasteiger partial charge in [-0.3, -0.25) is 4.79 Å². The number of amides is 2. The van der Waals surface area contributed by atoms with E-state index >= 15 is 0 Å². The Morgan fingerprint density at radius 2 is 2.06 bits per heavy atom. The number of carbonyl (C=O) groups is 2. The molecule has 0 aromatic carbocycles. The van der Waals surface area contributed by atoms with Crippen molar-refractivity contribution in [2.75, 3.05) is 25.0 Å². The van der Waals surface area contributed by atoms with E-state index in [-0.39, 0.29) is 47.2 Å². The third-order valence-electron chi connectivity index (χ3n) is 4.76. The Labute approximate surface area is 179 Å². The van der Waals surface area contributed by atoms with Crippen LogP contribution in [0.15, 0.2) is 11.4 Å². The first-order valence-electron chi connectivity index (χ1n) is 9.59. The third-order valence-corrected chi connectivity index (χ3v) is 5.76. The second kappa shape index (κ2) is 8.85. The molecule has 12 heteroatoms. The van der Waals surface area contributed by atoms with Crippen molar-refractivity contribution in [3.63, 3.8) is 0 Å². The summed E-state index contributed by atoms with van der Waals surface area (Å²) in [7, 11) is 1.37. The molecular formula is C19H22F4N4O3S. The number of carbonyl (C=O) groups excluding carboxylic acids is 2. The molecule has 1 aliphatic rings. The van der Waals surface area contributed by atoms with Crippen LogP contribution in [0.5, 0.6) is 0 Å². The predicted molar refractivity (Wildman–Crippen MR) is 108 cm³/mol. The summed E-state index contributed by atoms with van der Waals surface area (Å²) < 4.78 is 60.6. The monoisotopic (exact) mass is 462 g/mol. The van der Waals surface area contributed by atoms with Gasteiger partial charge >= 0.3 is 12.3 Å². The number of nitrogens with zero attached hydrogens (tertiary/aromatic N) is 2. The molecule has 2 aromatic rings. The molecule has 0 aliphatic carbocycles. The smallest absolute Gasteiger partial charge is 0.417 e. The maximum Gasteiger partial charge on any atom is 0.417 e. The van der Waals surface area contributed by atoms with E-state index in [1.54, 1.807) is 13.8 Å². The van der Waals surface area contributed by atoms with Crippen LogP contribution in [0.2, 0.25) is 0 Å². The van der Waals surface area contributed by atoms with E-state index in [1.807, 2.05) is 0 Å². The Morgan fingerprint density at radius 1 is 1.35 bits per heavy atom. The maximum atomic E-state index is 14.7. The van der Waals surface area contributed by atoms with Crippen LogP contribution in [0.3, 0.4) is 0 Å². The van der Waals surface area contributed by atoms with Crippen molar-refractivity contribution in [2.24, 2.45) is 0 Å². The van der Waals surface area contributed by atoms with Crippen molar-refractivity contribution < 1.29 is 31.9 Å². The van der Waals surface area contributed by atoms with E-state index in [0.29, 0.717) is 0 Å². The van der Waals surface area contributed by atoms with Gasteiger partial charge in [0.15, 0.2) is 6.17 Å². The van der Waals surface area contributed by atoms with Crippen LogP contribution in [0.1, 0.15) is 36.2 Å². The fourth-order valence-electron chi connectivity index (χ4n) is 3.29. The minimum atomic E-state index is -4.67. The van der Waals surface area contributed by atoms with Gasteiger partial charge in [-0.25, -0.2) is 14.2 Å². The molecule has 1 fully saturated rings. The number of rotatable bonds is 4. The van der Waals surface area contributed by atoms with Crippen molar-refractivity contribution in [3.8, 4) is 0 Å². The average molecular weight is 462 g/mol. The lowest BCUT2D eigenvalue weighted by molar-refractivity contribution is -0.136. The van der Waals surface area contributed by atoms with Crippen molar-refractivity contribution in [3.05, 3.63) is 22.6 Å². The summed E-state index contributed by atoms with van der Waals surface area (Å²) in [6.07, 6.45) is -7.96. The Morgan fingerprint density at radius 3 is 2.65 bits per heavy atom. The Bertz CT molecular complexity index is 979. The van der Waals surface area contributed by atoms with E-state index in [9.17, 15) is 27.2 Å². The van der Waals surface area contributed by atoms with Gasteiger partial charge in [0.25, 0.3) is 5.91 Å². The second-order valence-electron chi connectivity index (χ2n) is 7.43. The number of piperidine rings is 1.